The second kappa shape index (κ2) is 5.50. The summed E-state index contributed by atoms with van der Waals surface area (Å²) in [5.41, 5.74) is -0.687. The van der Waals surface area contributed by atoms with E-state index in [1.165, 1.54) is 25.9 Å². The number of carbonyl (C=O) groups excluding carboxylic acids is 1. The fraction of sp³-hybridized carbons (Fsp3) is 0.846. The van der Waals surface area contributed by atoms with Crippen molar-refractivity contribution in [1.29, 1.82) is 5.26 Å². The van der Waals surface area contributed by atoms with Crippen LogP contribution in [-0.4, -0.2) is 37.0 Å². The van der Waals surface area contributed by atoms with Crippen LogP contribution in [0.1, 0.15) is 38.5 Å². The molecule has 1 aliphatic heterocycles. The van der Waals surface area contributed by atoms with Gasteiger partial charge in [-0.15, -0.1) is 0 Å². The van der Waals surface area contributed by atoms with Gasteiger partial charge in [0.25, 0.3) is 0 Å². The summed E-state index contributed by atoms with van der Waals surface area (Å²) in [6, 6.07) is 2.17. The van der Waals surface area contributed by atoms with Gasteiger partial charge in [-0.05, 0) is 58.2 Å². The first kappa shape index (κ1) is 12.4. The summed E-state index contributed by atoms with van der Waals surface area (Å²) in [7, 11) is 0. The maximum atomic E-state index is 11.8. The van der Waals surface area contributed by atoms with E-state index in [1.54, 1.807) is 0 Å². The summed E-state index contributed by atoms with van der Waals surface area (Å²) < 4.78 is 0. The average molecular weight is 235 g/mol. The number of nitrogens with zero attached hydrogens (tertiary/aromatic N) is 2. The molecular weight excluding hydrogens is 214 g/mol. The number of hydrogen-bond donors (Lipinski definition) is 1. The first-order valence-corrected chi connectivity index (χ1v) is 6.69. The molecule has 1 saturated heterocycles. The number of carbonyl (C=O) groups is 1. The molecule has 0 spiro atoms. The highest BCUT2D eigenvalue weighted by Crippen LogP contribution is 2.40. The molecule has 0 aromatic rings. The van der Waals surface area contributed by atoms with Gasteiger partial charge in [0.05, 0.1) is 6.07 Å². The first-order chi connectivity index (χ1) is 8.27. The lowest BCUT2D eigenvalue weighted by atomic mass is 9.69. The SMILES string of the molecule is N#CC1(C(=O)NCCCN2CCCC2)CCC1. The van der Waals surface area contributed by atoms with Gasteiger partial charge in [0, 0.05) is 6.54 Å². The molecule has 1 heterocycles. The molecule has 1 N–H and O–H groups in total. The second-order valence-electron chi connectivity index (χ2n) is 5.21. The topological polar surface area (TPSA) is 56.1 Å². The van der Waals surface area contributed by atoms with Crippen LogP contribution in [0, 0.1) is 16.7 Å². The largest absolute Gasteiger partial charge is 0.355 e. The Morgan fingerprint density at radius 3 is 2.53 bits per heavy atom. The van der Waals surface area contributed by atoms with Crippen LogP contribution in [0.15, 0.2) is 0 Å². The van der Waals surface area contributed by atoms with Gasteiger partial charge in [-0.3, -0.25) is 4.79 Å². The minimum Gasteiger partial charge on any atom is -0.355 e. The minimum absolute atomic E-state index is 0.0485. The van der Waals surface area contributed by atoms with Gasteiger partial charge in [-0.2, -0.15) is 5.26 Å². The standard InChI is InChI=1S/C13H21N3O/c14-11-13(5-3-6-13)12(17)15-7-4-10-16-8-1-2-9-16/h1-10H2,(H,15,17). The molecule has 4 heteroatoms. The lowest BCUT2D eigenvalue weighted by Gasteiger charge is -2.33. The van der Waals surface area contributed by atoms with Crippen molar-refractivity contribution in [2.24, 2.45) is 5.41 Å². The van der Waals surface area contributed by atoms with Crippen LogP contribution in [0.5, 0.6) is 0 Å². The van der Waals surface area contributed by atoms with Gasteiger partial charge in [0.1, 0.15) is 5.41 Å². The molecule has 0 radical (unpaired) electrons. The van der Waals surface area contributed by atoms with Gasteiger partial charge in [-0.1, -0.05) is 0 Å². The van der Waals surface area contributed by atoms with Crippen LogP contribution >= 0.6 is 0 Å². The predicted molar refractivity (Wildman–Crippen MR) is 65.2 cm³/mol. The van der Waals surface area contributed by atoms with Crippen molar-refractivity contribution in [3.8, 4) is 6.07 Å². The van der Waals surface area contributed by atoms with Crippen molar-refractivity contribution in [3.05, 3.63) is 0 Å². The first-order valence-electron chi connectivity index (χ1n) is 6.69. The maximum absolute atomic E-state index is 11.8. The van der Waals surface area contributed by atoms with Crippen LogP contribution < -0.4 is 5.32 Å². The van der Waals surface area contributed by atoms with Crippen molar-refractivity contribution < 1.29 is 4.79 Å². The lowest BCUT2D eigenvalue weighted by molar-refractivity contribution is -0.131. The van der Waals surface area contributed by atoms with E-state index in [4.69, 9.17) is 5.26 Å². The van der Waals surface area contributed by atoms with Crippen LogP contribution in [-0.2, 0) is 4.79 Å². The van der Waals surface area contributed by atoms with Gasteiger partial charge in [0.2, 0.25) is 5.91 Å². The van der Waals surface area contributed by atoms with Gasteiger partial charge >= 0.3 is 0 Å². The van der Waals surface area contributed by atoms with Crippen LogP contribution in [0.3, 0.4) is 0 Å². The highest BCUT2D eigenvalue weighted by atomic mass is 16.2. The van der Waals surface area contributed by atoms with Gasteiger partial charge in [-0.25, -0.2) is 0 Å². The van der Waals surface area contributed by atoms with E-state index in [0.717, 1.165) is 32.2 Å². The fourth-order valence-corrected chi connectivity index (χ4v) is 2.60. The second-order valence-corrected chi connectivity index (χ2v) is 5.21. The van der Waals surface area contributed by atoms with E-state index in [9.17, 15) is 4.79 Å². The Balaban J connectivity index is 1.61. The zero-order valence-electron chi connectivity index (χ0n) is 10.4. The predicted octanol–water partition coefficient (Wildman–Crippen LogP) is 1.28. The molecule has 2 fully saturated rings. The van der Waals surface area contributed by atoms with E-state index in [1.807, 2.05) is 0 Å². The van der Waals surface area contributed by atoms with E-state index < -0.39 is 5.41 Å². The Labute approximate surface area is 103 Å². The minimum atomic E-state index is -0.687. The number of hydrogen-bond acceptors (Lipinski definition) is 3. The summed E-state index contributed by atoms with van der Waals surface area (Å²) in [4.78, 5) is 14.3. The fourth-order valence-electron chi connectivity index (χ4n) is 2.60. The zero-order valence-corrected chi connectivity index (χ0v) is 10.4. The third-order valence-corrected chi connectivity index (χ3v) is 3.99. The molecular formula is C13H21N3O. The number of nitriles is 1. The summed E-state index contributed by atoms with van der Waals surface area (Å²) in [6.45, 7) is 4.19. The van der Waals surface area contributed by atoms with Crippen molar-refractivity contribution >= 4 is 5.91 Å². The third-order valence-electron chi connectivity index (χ3n) is 3.99. The zero-order chi connectivity index (χ0) is 12.1. The van der Waals surface area contributed by atoms with E-state index in [-0.39, 0.29) is 5.91 Å². The molecule has 0 atom stereocenters. The summed E-state index contributed by atoms with van der Waals surface area (Å²) in [5.74, 6) is -0.0485. The van der Waals surface area contributed by atoms with Gasteiger partial charge < -0.3 is 10.2 Å². The monoisotopic (exact) mass is 235 g/mol. The van der Waals surface area contributed by atoms with Gasteiger partial charge in [0.15, 0.2) is 0 Å². The Kier molecular flexibility index (Phi) is 4.01. The number of nitrogens with one attached hydrogen (secondary N) is 1. The average Bonchev–Trinajstić information content (AvgIpc) is 2.76. The Morgan fingerprint density at radius 1 is 1.29 bits per heavy atom. The quantitative estimate of drug-likeness (QED) is 0.730. The molecule has 0 aromatic carbocycles. The number of amides is 1. The molecule has 4 nitrogen and oxygen atoms in total. The molecule has 1 aliphatic carbocycles. The van der Waals surface area contributed by atoms with E-state index in [0.29, 0.717) is 6.54 Å². The number of rotatable bonds is 5. The molecule has 0 aromatic heterocycles. The normalized spacial score (nSPS) is 22.8. The molecule has 0 unspecified atom stereocenters. The van der Waals surface area contributed by atoms with Crippen LogP contribution in [0.2, 0.25) is 0 Å². The third kappa shape index (κ3) is 2.78. The Hall–Kier alpha value is -1.08. The van der Waals surface area contributed by atoms with Crippen LogP contribution in [0.25, 0.3) is 0 Å². The summed E-state index contributed by atoms with van der Waals surface area (Å²) in [5, 5.41) is 11.9. The van der Waals surface area contributed by atoms with E-state index >= 15 is 0 Å². The smallest absolute Gasteiger partial charge is 0.240 e. The molecule has 17 heavy (non-hydrogen) atoms. The highest BCUT2D eigenvalue weighted by molar-refractivity contribution is 5.86. The van der Waals surface area contributed by atoms with Crippen molar-refractivity contribution in [1.82, 2.24) is 10.2 Å². The summed E-state index contributed by atoms with van der Waals surface area (Å²) >= 11 is 0. The van der Waals surface area contributed by atoms with Crippen molar-refractivity contribution in [3.63, 3.8) is 0 Å². The maximum Gasteiger partial charge on any atom is 0.240 e. The number of likely N-dealkylation sites (tertiary alicyclic amines) is 1. The molecule has 2 rings (SSSR count). The molecule has 1 saturated carbocycles. The van der Waals surface area contributed by atoms with Crippen molar-refractivity contribution in [2.75, 3.05) is 26.2 Å². The van der Waals surface area contributed by atoms with E-state index in [2.05, 4.69) is 16.3 Å². The Bertz CT molecular complexity index is 311. The molecule has 2 aliphatic rings. The summed E-state index contributed by atoms with van der Waals surface area (Å²) in [6.07, 6.45) is 6.10. The Morgan fingerprint density at radius 2 is 2.00 bits per heavy atom. The van der Waals surface area contributed by atoms with Crippen molar-refractivity contribution in [2.45, 2.75) is 38.5 Å². The highest BCUT2D eigenvalue weighted by Gasteiger charge is 2.44. The molecule has 0 bridgehead atoms. The molecule has 1 amide bonds. The van der Waals surface area contributed by atoms with Crippen LogP contribution in [0.4, 0.5) is 0 Å². The lowest BCUT2D eigenvalue weighted by Crippen LogP contribution is -2.45. The molecule has 94 valence electrons.